The Kier molecular flexibility index (Phi) is 10.4. The number of carboxylic acid groups (broad SMARTS) is 1. The van der Waals surface area contributed by atoms with E-state index in [-0.39, 0.29) is 23.5 Å². The zero-order valence-electron chi connectivity index (χ0n) is 23.6. The highest BCUT2D eigenvalue weighted by molar-refractivity contribution is 8.26. The highest BCUT2D eigenvalue weighted by Crippen LogP contribution is 2.37. The first-order valence-corrected chi connectivity index (χ1v) is 15.4. The van der Waals surface area contributed by atoms with Crippen molar-refractivity contribution in [3.8, 4) is 6.07 Å². The van der Waals surface area contributed by atoms with Gasteiger partial charge in [0.2, 0.25) is 0 Å². The minimum atomic E-state index is -0.824. The minimum Gasteiger partial charge on any atom is -0.481 e. The van der Waals surface area contributed by atoms with Crippen molar-refractivity contribution in [1.82, 2.24) is 9.47 Å². The van der Waals surface area contributed by atoms with Crippen LogP contribution in [0.25, 0.3) is 6.08 Å². The van der Waals surface area contributed by atoms with Gasteiger partial charge >= 0.3 is 5.97 Å². The van der Waals surface area contributed by atoms with Crippen LogP contribution in [-0.4, -0.2) is 50.4 Å². The number of aromatic nitrogens is 1. The fourth-order valence-electron chi connectivity index (χ4n) is 5.62. The second-order valence-corrected chi connectivity index (χ2v) is 12.2. The Morgan fingerprint density at radius 3 is 2.51 bits per heavy atom. The summed E-state index contributed by atoms with van der Waals surface area (Å²) >= 11 is 6.75. The van der Waals surface area contributed by atoms with Crippen LogP contribution in [0.15, 0.2) is 40.0 Å². The number of hydrogen-bond acceptors (Lipinski definition) is 7. The summed E-state index contributed by atoms with van der Waals surface area (Å²) in [5.41, 5.74) is 2.40. The first-order valence-electron chi connectivity index (χ1n) is 14.2. The number of pyridine rings is 1. The molecule has 0 spiro atoms. The zero-order valence-corrected chi connectivity index (χ0v) is 25.2. The molecule has 2 aliphatic heterocycles. The molecule has 2 aromatic rings. The number of thioether (sulfide) groups is 1. The maximum Gasteiger partial charge on any atom is 0.303 e. The number of hydrogen-bond donors (Lipinski definition) is 1. The number of aliphatic carboxylic acids is 1. The molecule has 41 heavy (non-hydrogen) atoms. The van der Waals surface area contributed by atoms with Crippen molar-refractivity contribution in [3.63, 3.8) is 0 Å². The Morgan fingerprint density at radius 1 is 1.17 bits per heavy atom. The van der Waals surface area contributed by atoms with Gasteiger partial charge in [-0.3, -0.25) is 23.9 Å². The van der Waals surface area contributed by atoms with E-state index in [9.17, 15) is 19.6 Å². The van der Waals surface area contributed by atoms with Crippen LogP contribution in [0.3, 0.4) is 0 Å². The van der Waals surface area contributed by atoms with E-state index in [0.717, 1.165) is 38.2 Å². The van der Waals surface area contributed by atoms with E-state index in [0.29, 0.717) is 58.6 Å². The van der Waals surface area contributed by atoms with Gasteiger partial charge in [-0.25, -0.2) is 0 Å². The summed E-state index contributed by atoms with van der Waals surface area (Å²) in [7, 11) is 0. The highest BCUT2D eigenvalue weighted by atomic mass is 32.2. The minimum absolute atomic E-state index is 0.0923. The summed E-state index contributed by atoms with van der Waals surface area (Å²) in [5.74, 6) is 0.282. The number of piperidine rings is 1. The molecular formula is C31H36N4O4S2. The molecule has 2 saturated heterocycles. The summed E-state index contributed by atoms with van der Waals surface area (Å²) in [6, 6.07) is 12.6. The number of anilines is 1. The fourth-order valence-corrected chi connectivity index (χ4v) is 6.91. The number of carbonyl (C=O) groups excluding carboxylic acids is 1. The van der Waals surface area contributed by atoms with Crippen LogP contribution < -0.4 is 10.5 Å². The van der Waals surface area contributed by atoms with Crippen molar-refractivity contribution < 1.29 is 14.7 Å². The predicted octanol–water partition coefficient (Wildman–Crippen LogP) is 5.35. The van der Waals surface area contributed by atoms with E-state index in [1.54, 1.807) is 22.5 Å². The number of rotatable bonds is 11. The Bertz CT molecular complexity index is 1440. The maximum absolute atomic E-state index is 13.4. The van der Waals surface area contributed by atoms with E-state index in [4.69, 9.17) is 17.3 Å². The normalized spacial score (nSPS) is 17.0. The third kappa shape index (κ3) is 7.08. The van der Waals surface area contributed by atoms with Gasteiger partial charge in [0.05, 0.1) is 4.91 Å². The lowest BCUT2D eigenvalue weighted by Gasteiger charge is -2.36. The third-order valence-electron chi connectivity index (χ3n) is 7.87. The van der Waals surface area contributed by atoms with Crippen LogP contribution in [0.1, 0.15) is 67.7 Å². The Labute approximate surface area is 250 Å². The van der Waals surface area contributed by atoms with Gasteiger partial charge in [-0.05, 0) is 69.1 Å². The Balaban J connectivity index is 1.60. The van der Waals surface area contributed by atoms with Crippen LogP contribution in [-0.2, 0) is 22.6 Å². The van der Waals surface area contributed by atoms with Crippen molar-refractivity contribution in [2.45, 2.75) is 65.3 Å². The van der Waals surface area contributed by atoms with Crippen molar-refractivity contribution in [3.05, 3.63) is 67.8 Å². The number of nitrogens with zero attached hydrogens (tertiary/aromatic N) is 4. The molecule has 0 bridgehead atoms. The van der Waals surface area contributed by atoms with Gasteiger partial charge < -0.3 is 10.0 Å². The molecule has 1 amide bonds. The average molecular weight is 593 g/mol. The van der Waals surface area contributed by atoms with E-state index in [2.05, 4.69) is 35.2 Å². The second kappa shape index (κ2) is 14.0. The lowest BCUT2D eigenvalue weighted by Crippen LogP contribution is -2.39. The topological polar surface area (TPSA) is 107 Å². The molecule has 4 rings (SSSR count). The molecule has 2 fully saturated rings. The summed E-state index contributed by atoms with van der Waals surface area (Å²) in [6.45, 7) is 6.07. The number of carboxylic acids is 1. The first kappa shape index (κ1) is 30.5. The monoisotopic (exact) mass is 592 g/mol. The first-order chi connectivity index (χ1) is 19.7. The fraction of sp³-hybridized carbons (Fsp3) is 0.452. The molecule has 8 nitrogen and oxygen atoms in total. The lowest BCUT2D eigenvalue weighted by atomic mass is 9.90. The number of benzene rings is 1. The van der Waals surface area contributed by atoms with Gasteiger partial charge in [0.25, 0.3) is 11.5 Å². The average Bonchev–Trinajstić information content (AvgIpc) is 3.22. The molecule has 0 radical (unpaired) electrons. The number of carbonyl (C=O) groups is 2. The van der Waals surface area contributed by atoms with Gasteiger partial charge in [0, 0.05) is 38.2 Å². The molecule has 0 aliphatic carbocycles. The lowest BCUT2D eigenvalue weighted by molar-refractivity contribution is -0.137. The van der Waals surface area contributed by atoms with Gasteiger partial charge in [-0.2, -0.15) is 5.26 Å². The predicted molar refractivity (Wildman–Crippen MR) is 167 cm³/mol. The molecule has 1 aromatic heterocycles. The summed E-state index contributed by atoms with van der Waals surface area (Å²) in [6.07, 6.45) is 6.81. The largest absolute Gasteiger partial charge is 0.481 e. The highest BCUT2D eigenvalue weighted by Gasteiger charge is 2.33. The SMILES string of the molecule is CCn1c(N2CCC(Cc3ccccc3)CC2)c(C=C2SC(=S)N(CCCCCC(=O)O)C2=O)c(C)c(C#N)c1=O. The number of unbranched alkanes of at least 4 members (excludes halogenated alkanes) is 2. The zero-order chi connectivity index (χ0) is 29.5. The van der Waals surface area contributed by atoms with Gasteiger partial charge in [-0.1, -0.05) is 60.7 Å². The standard InChI is InChI=1S/C31H36N4O4S2/c1-3-34-28(33-16-13-23(14-17-33)18-22-10-6-4-7-11-22)24(21(2)25(20-32)29(34)38)19-26-30(39)35(31(40)41-26)15-9-5-8-12-27(36)37/h4,6-7,10-11,19,23H,3,5,8-9,12-18H2,1-2H3,(H,36,37). The quantitative estimate of drug-likeness (QED) is 0.211. The van der Waals surface area contributed by atoms with Crippen LogP contribution in [0, 0.1) is 24.2 Å². The maximum atomic E-state index is 13.4. The Hall–Kier alpha value is -3.42. The molecule has 2 aliphatic rings. The smallest absolute Gasteiger partial charge is 0.303 e. The summed E-state index contributed by atoms with van der Waals surface area (Å²) in [4.78, 5) is 41.8. The molecule has 0 saturated carbocycles. The van der Waals surface area contributed by atoms with Crippen LogP contribution >= 0.6 is 24.0 Å². The number of nitriles is 1. The van der Waals surface area contributed by atoms with Gasteiger partial charge in [0.1, 0.15) is 21.8 Å². The molecule has 216 valence electrons. The third-order valence-corrected chi connectivity index (χ3v) is 9.24. The van der Waals surface area contributed by atoms with Crippen molar-refractivity contribution >= 4 is 52.1 Å². The van der Waals surface area contributed by atoms with Gasteiger partial charge in [-0.15, -0.1) is 0 Å². The van der Waals surface area contributed by atoms with Crippen molar-refractivity contribution in [2.75, 3.05) is 24.5 Å². The van der Waals surface area contributed by atoms with Crippen LogP contribution in [0.5, 0.6) is 0 Å². The molecule has 0 unspecified atom stereocenters. The summed E-state index contributed by atoms with van der Waals surface area (Å²) < 4.78 is 2.13. The number of amides is 1. The molecule has 3 heterocycles. The van der Waals surface area contributed by atoms with E-state index < -0.39 is 5.97 Å². The second-order valence-electron chi connectivity index (χ2n) is 10.6. The molecule has 1 N–H and O–H groups in total. The van der Waals surface area contributed by atoms with Crippen LogP contribution in [0.4, 0.5) is 5.82 Å². The van der Waals surface area contributed by atoms with Gasteiger partial charge in [0.15, 0.2) is 0 Å². The number of thiocarbonyl (C=S) groups is 1. The van der Waals surface area contributed by atoms with E-state index >= 15 is 0 Å². The molecule has 10 heteroatoms. The molecular weight excluding hydrogens is 556 g/mol. The molecule has 1 aromatic carbocycles. The molecule has 0 atom stereocenters. The van der Waals surface area contributed by atoms with Crippen LogP contribution in [0.2, 0.25) is 0 Å². The van der Waals surface area contributed by atoms with Crippen molar-refractivity contribution in [2.24, 2.45) is 5.92 Å². The van der Waals surface area contributed by atoms with E-state index in [1.165, 1.54) is 17.3 Å². The van der Waals surface area contributed by atoms with Crippen molar-refractivity contribution in [1.29, 1.82) is 5.26 Å². The summed E-state index contributed by atoms with van der Waals surface area (Å²) in [5, 5.41) is 18.7. The van der Waals surface area contributed by atoms with E-state index in [1.807, 2.05) is 13.0 Å². The Morgan fingerprint density at radius 2 is 1.88 bits per heavy atom.